The number of hydrogen-bond donors (Lipinski definition) is 3. The molecule has 42 heavy (non-hydrogen) atoms. The Morgan fingerprint density at radius 3 is 2.29 bits per heavy atom. The number of amides is 1. The maximum atomic E-state index is 13.5. The van der Waals surface area contributed by atoms with E-state index < -0.39 is 44.6 Å². The predicted octanol–water partition coefficient (Wildman–Crippen LogP) is 3.29. The maximum absolute atomic E-state index is 13.5. The molecule has 1 saturated heterocycles. The minimum absolute atomic E-state index is 0.00530. The molecule has 0 spiro atoms. The van der Waals surface area contributed by atoms with Crippen molar-refractivity contribution in [3.05, 3.63) is 89.9 Å². The van der Waals surface area contributed by atoms with Gasteiger partial charge < -0.3 is 21.1 Å². The minimum Gasteiger partial charge on any atom is -0.477 e. The van der Waals surface area contributed by atoms with E-state index in [4.69, 9.17) is 10.8 Å². The average molecular weight is 608 g/mol. The van der Waals surface area contributed by atoms with Gasteiger partial charge in [-0.25, -0.2) is 18.2 Å². The third kappa shape index (κ3) is 7.76. The zero-order valence-electron chi connectivity index (χ0n) is 23.0. The first-order valence-corrected chi connectivity index (χ1v) is 14.3. The number of nitrogens with one attached hydrogen (secondary N) is 1. The summed E-state index contributed by atoms with van der Waals surface area (Å²) in [7, 11) is -4.41. The van der Waals surface area contributed by atoms with Crippen LogP contribution in [0.2, 0.25) is 0 Å². The zero-order chi connectivity index (χ0) is 31.2. The molecule has 10 nitrogen and oxygen atoms in total. The number of halogens is 3. The topological polar surface area (TPSA) is 145 Å². The number of alkyl halides is 3. The highest BCUT2D eigenvalue weighted by Crippen LogP contribution is 2.31. The lowest BCUT2D eigenvalue weighted by Gasteiger charge is -2.40. The molecule has 2 aromatic carbocycles. The molecule has 0 bridgehead atoms. The fraction of sp³-hybridized carbons (Fsp3) is 0.321. The van der Waals surface area contributed by atoms with Crippen molar-refractivity contribution in [2.75, 3.05) is 19.6 Å². The number of carbonyl (C=O) groups excluding carboxylic acids is 1. The predicted molar refractivity (Wildman–Crippen MR) is 151 cm³/mol. The van der Waals surface area contributed by atoms with Crippen LogP contribution in [0, 0.1) is 0 Å². The molecule has 14 heteroatoms. The third-order valence-corrected chi connectivity index (χ3v) is 8.57. The maximum Gasteiger partial charge on any atom is 0.416 e. The van der Waals surface area contributed by atoms with Crippen LogP contribution < -0.4 is 11.1 Å². The van der Waals surface area contributed by atoms with Crippen LogP contribution in [0.5, 0.6) is 0 Å². The molecule has 0 aliphatic carbocycles. The van der Waals surface area contributed by atoms with Crippen LogP contribution in [0.1, 0.15) is 36.5 Å². The van der Waals surface area contributed by atoms with E-state index in [2.05, 4.69) is 16.9 Å². The molecule has 4 N–H and O–H groups in total. The summed E-state index contributed by atoms with van der Waals surface area (Å²) in [5, 5.41) is 11.9. The molecule has 1 aliphatic heterocycles. The van der Waals surface area contributed by atoms with Crippen LogP contribution in [0.15, 0.2) is 83.1 Å². The lowest BCUT2D eigenvalue weighted by molar-refractivity contribution is -0.137. The molecular formula is C28H32F3N5O5S. The Hall–Kier alpha value is -4.17. The number of hydrogen-bond acceptors (Lipinski definition) is 7. The lowest BCUT2D eigenvalue weighted by atomic mass is 10.0. The zero-order valence-corrected chi connectivity index (χ0v) is 23.8. The summed E-state index contributed by atoms with van der Waals surface area (Å²) in [6, 6.07) is 9.25. The average Bonchev–Trinajstić information content (AvgIpc) is 2.95. The number of sulfonamides is 1. The molecule has 1 aliphatic rings. The van der Waals surface area contributed by atoms with Crippen LogP contribution >= 0.6 is 0 Å². The molecule has 0 aromatic heterocycles. The molecular weight excluding hydrogens is 575 g/mol. The largest absolute Gasteiger partial charge is 0.477 e. The Labute approximate surface area is 242 Å². The Morgan fingerprint density at radius 1 is 1.14 bits per heavy atom. The number of aliphatic carboxylic acids is 1. The van der Waals surface area contributed by atoms with Gasteiger partial charge in [-0.15, -0.1) is 0 Å². The van der Waals surface area contributed by atoms with E-state index in [1.54, 1.807) is 0 Å². The van der Waals surface area contributed by atoms with E-state index >= 15 is 0 Å². The first-order valence-electron chi connectivity index (χ1n) is 12.8. The molecule has 226 valence electrons. The minimum atomic E-state index is -4.65. The van der Waals surface area contributed by atoms with E-state index in [1.807, 2.05) is 38.1 Å². The summed E-state index contributed by atoms with van der Waals surface area (Å²) in [5.41, 5.74) is 6.58. The highest BCUT2D eigenvalue weighted by molar-refractivity contribution is 7.89. The van der Waals surface area contributed by atoms with Gasteiger partial charge in [-0.2, -0.15) is 17.5 Å². The Kier molecular flexibility index (Phi) is 10.2. The summed E-state index contributed by atoms with van der Waals surface area (Å²) in [4.78, 5) is 29.4. The van der Waals surface area contributed by atoms with Crippen molar-refractivity contribution >= 4 is 27.6 Å². The Balaban J connectivity index is 1.90. The van der Waals surface area contributed by atoms with Crippen molar-refractivity contribution in [3.8, 4) is 0 Å². The summed E-state index contributed by atoms with van der Waals surface area (Å²) < 4.78 is 67.1. The number of carboxylic acid groups (broad SMARTS) is 1. The number of rotatable bonds is 10. The van der Waals surface area contributed by atoms with Crippen LogP contribution in [-0.4, -0.2) is 66.0 Å². The first-order chi connectivity index (χ1) is 19.6. The van der Waals surface area contributed by atoms with Gasteiger partial charge in [0.25, 0.3) is 0 Å². The second-order valence-electron chi connectivity index (χ2n) is 9.79. The molecule has 0 unspecified atom stereocenters. The molecule has 3 rings (SSSR count). The van der Waals surface area contributed by atoms with Gasteiger partial charge in [0.15, 0.2) is 0 Å². The number of benzene rings is 2. The fourth-order valence-corrected chi connectivity index (χ4v) is 5.76. The van der Waals surface area contributed by atoms with Crippen LogP contribution in [0.3, 0.4) is 0 Å². The van der Waals surface area contributed by atoms with E-state index in [9.17, 15) is 31.2 Å². The first kappa shape index (κ1) is 32.3. The highest BCUT2D eigenvalue weighted by atomic mass is 32.2. The van der Waals surface area contributed by atoms with Crippen molar-refractivity contribution in [1.29, 1.82) is 0 Å². The van der Waals surface area contributed by atoms with Gasteiger partial charge in [0, 0.05) is 26.2 Å². The molecule has 0 radical (unpaired) electrons. The molecule has 1 atom stereocenters. The van der Waals surface area contributed by atoms with Crippen molar-refractivity contribution in [3.63, 3.8) is 0 Å². The Morgan fingerprint density at radius 2 is 1.76 bits per heavy atom. The highest BCUT2D eigenvalue weighted by Gasteiger charge is 2.41. The summed E-state index contributed by atoms with van der Waals surface area (Å²) in [6.07, 6.45) is -2.57. The molecule has 1 amide bonds. The van der Waals surface area contributed by atoms with Gasteiger partial charge in [0.1, 0.15) is 17.6 Å². The standard InChI is InChI=1S/C28H32F3N5O5S/c1-4-23(27(38)39)33-16-25(32)35-13-14-36(42(40,41)22-11-9-21(10-12-22)28(29,30)31)24(17-35)26(37)34-15-19-5-7-20(8-6-19)18(2)3/h4-12,16,18,24H,1,13-15,17,32H2,2-3H3,(H,34,37)(H,38,39)/b25-16+,33-23?/t24-/m1/s1. The van der Waals surface area contributed by atoms with E-state index in [-0.39, 0.29) is 37.7 Å². The summed E-state index contributed by atoms with van der Waals surface area (Å²) in [6.45, 7) is 7.08. The number of nitrogens with zero attached hydrogens (tertiary/aromatic N) is 3. The van der Waals surface area contributed by atoms with Crippen LogP contribution in [-0.2, 0) is 32.3 Å². The van der Waals surface area contributed by atoms with Gasteiger partial charge in [-0.05, 0) is 47.4 Å². The van der Waals surface area contributed by atoms with Gasteiger partial charge in [-0.3, -0.25) is 4.79 Å². The Bertz CT molecular complexity index is 1470. The number of aliphatic imine (C=N–C) groups is 1. The number of nitrogens with two attached hydrogens (primary N) is 1. The van der Waals surface area contributed by atoms with Crippen molar-refractivity contribution in [2.45, 2.75) is 43.4 Å². The fourth-order valence-electron chi connectivity index (χ4n) is 4.19. The second kappa shape index (κ2) is 13.2. The summed E-state index contributed by atoms with van der Waals surface area (Å²) in [5.74, 6) is -1.70. The molecule has 0 saturated carbocycles. The van der Waals surface area contributed by atoms with E-state index in [0.29, 0.717) is 18.1 Å². The SMILES string of the molecule is C=CC(=N/C=C(\N)N1CCN(S(=O)(=O)c2ccc(C(F)(F)F)cc2)[C@@H](C(=O)NCc2ccc(C(C)C)cc2)C1)C(=O)O. The van der Waals surface area contributed by atoms with Gasteiger partial charge >= 0.3 is 12.1 Å². The normalized spacial score (nSPS) is 17.3. The lowest BCUT2D eigenvalue weighted by Crippen LogP contribution is -2.60. The van der Waals surface area contributed by atoms with Gasteiger partial charge in [0.2, 0.25) is 15.9 Å². The second-order valence-corrected chi connectivity index (χ2v) is 11.7. The van der Waals surface area contributed by atoms with Gasteiger partial charge in [-0.1, -0.05) is 44.7 Å². The summed E-state index contributed by atoms with van der Waals surface area (Å²) >= 11 is 0. The number of piperazine rings is 1. The van der Waals surface area contributed by atoms with Crippen LogP contribution in [0.4, 0.5) is 13.2 Å². The smallest absolute Gasteiger partial charge is 0.416 e. The van der Waals surface area contributed by atoms with Crippen molar-refractivity contribution in [1.82, 2.24) is 14.5 Å². The molecule has 1 heterocycles. The quantitative estimate of drug-likeness (QED) is 0.352. The number of carbonyl (C=O) groups is 2. The van der Waals surface area contributed by atoms with E-state index in [1.165, 1.54) is 4.90 Å². The van der Waals surface area contributed by atoms with E-state index in [0.717, 1.165) is 39.8 Å². The third-order valence-electron chi connectivity index (χ3n) is 6.65. The number of carboxylic acids is 1. The van der Waals surface area contributed by atoms with Gasteiger partial charge in [0.05, 0.1) is 16.7 Å². The monoisotopic (exact) mass is 607 g/mol. The van der Waals surface area contributed by atoms with Crippen LogP contribution in [0.25, 0.3) is 0 Å². The molecule has 2 aromatic rings. The van der Waals surface area contributed by atoms with Crippen molar-refractivity contribution < 1.29 is 36.3 Å². The van der Waals surface area contributed by atoms with Crippen molar-refractivity contribution in [2.24, 2.45) is 10.7 Å². The molecule has 1 fully saturated rings.